The van der Waals surface area contributed by atoms with Gasteiger partial charge in [-0.2, -0.15) is 0 Å². The maximum absolute atomic E-state index is 12.3. The van der Waals surface area contributed by atoms with Crippen LogP contribution in [-0.4, -0.2) is 17.9 Å². The lowest BCUT2D eigenvalue weighted by Gasteiger charge is -2.13. The summed E-state index contributed by atoms with van der Waals surface area (Å²) in [4.78, 5) is 23.5. The molecule has 0 aliphatic rings. The van der Waals surface area contributed by atoms with Gasteiger partial charge in [0, 0.05) is 11.6 Å². The molecule has 2 aromatic rings. The van der Waals surface area contributed by atoms with Crippen LogP contribution in [0, 0.1) is 0 Å². The number of hydrogen-bond donors (Lipinski definition) is 2. The number of hydrogen-bond acceptors (Lipinski definition) is 2. The summed E-state index contributed by atoms with van der Waals surface area (Å²) in [5.74, 6) is -0.733. The van der Waals surface area contributed by atoms with Crippen LogP contribution < -0.4 is 11.1 Å². The zero-order valence-corrected chi connectivity index (χ0v) is 13.1. The third-order valence-electron chi connectivity index (χ3n) is 3.14. The van der Waals surface area contributed by atoms with Gasteiger partial charge in [0.2, 0.25) is 5.91 Å². The molecule has 0 saturated heterocycles. The van der Waals surface area contributed by atoms with Crippen molar-refractivity contribution in [3.63, 3.8) is 0 Å². The van der Waals surface area contributed by atoms with E-state index >= 15 is 0 Å². The Morgan fingerprint density at radius 3 is 2.36 bits per heavy atom. The van der Waals surface area contributed by atoms with Gasteiger partial charge in [-0.05, 0) is 43.2 Å². The first-order valence-electron chi connectivity index (χ1n) is 6.89. The van der Waals surface area contributed by atoms with Crippen molar-refractivity contribution >= 4 is 23.4 Å². The molecule has 0 spiro atoms. The van der Waals surface area contributed by atoms with Gasteiger partial charge in [0.25, 0.3) is 5.91 Å². The number of halogens is 1. The molecule has 0 radical (unpaired) electrons. The molecule has 0 aliphatic carbocycles. The highest BCUT2D eigenvalue weighted by Gasteiger charge is 2.15. The third-order valence-corrected chi connectivity index (χ3v) is 3.45. The predicted molar refractivity (Wildman–Crippen MR) is 88.0 cm³/mol. The molecule has 5 heteroatoms. The second-order valence-electron chi connectivity index (χ2n) is 5.23. The summed E-state index contributed by atoms with van der Waals surface area (Å²) >= 11 is 6.09. The van der Waals surface area contributed by atoms with Gasteiger partial charge >= 0.3 is 0 Å². The molecule has 4 nitrogen and oxygen atoms in total. The maximum atomic E-state index is 12.3. The van der Waals surface area contributed by atoms with Gasteiger partial charge in [0.15, 0.2) is 0 Å². The van der Waals surface area contributed by atoms with Crippen molar-refractivity contribution < 1.29 is 9.59 Å². The van der Waals surface area contributed by atoms with Crippen LogP contribution in [0.2, 0.25) is 5.02 Å². The van der Waals surface area contributed by atoms with Gasteiger partial charge in [-0.25, -0.2) is 0 Å². The van der Waals surface area contributed by atoms with Crippen molar-refractivity contribution in [1.29, 1.82) is 0 Å². The predicted octanol–water partition coefficient (Wildman–Crippen LogP) is 3.24. The minimum absolute atomic E-state index is 0.0429. The molecule has 3 N–H and O–H groups in total. The molecule has 0 heterocycles. The molecule has 0 saturated carbocycles. The summed E-state index contributed by atoms with van der Waals surface area (Å²) in [6.07, 6.45) is 0. The topological polar surface area (TPSA) is 72.2 Å². The summed E-state index contributed by atoms with van der Waals surface area (Å²) < 4.78 is 0. The van der Waals surface area contributed by atoms with E-state index in [-0.39, 0.29) is 22.5 Å². The highest BCUT2D eigenvalue weighted by Crippen LogP contribution is 2.28. The summed E-state index contributed by atoms with van der Waals surface area (Å²) in [7, 11) is 0. The van der Waals surface area contributed by atoms with E-state index in [0.29, 0.717) is 5.56 Å². The number of nitrogens with two attached hydrogens (primary N) is 1. The van der Waals surface area contributed by atoms with E-state index in [0.717, 1.165) is 11.1 Å². The number of amides is 2. The fourth-order valence-electron chi connectivity index (χ4n) is 2.16. The van der Waals surface area contributed by atoms with E-state index < -0.39 is 5.91 Å². The highest BCUT2D eigenvalue weighted by molar-refractivity contribution is 6.34. The van der Waals surface area contributed by atoms with E-state index in [2.05, 4.69) is 5.32 Å². The normalized spacial score (nSPS) is 10.5. The largest absolute Gasteiger partial charge is 0.366 e. The van der Waals surface area contributed by atoms with Crippen LogP contribution in [0.15, 0.2) is 42.5 Å². The van der Waals surface area contributed by atoms with Gasteiger partial charge in [0.1, 0.15) is 0 Å². The second-order valence-corrected chi connectivity index (χ2v) is 5.64. The average molecular weight is 317 g/mol. The Kier molecular flexibility index (Phi) is 4.83. The molecular formula is C17H17ClN2O2. The lowest BCUT2D eigenvalue weighted by molar-refractivity contribution is 0.0942. The molecule has 0 unspecified atom stereocenters. The number of primary amides is 1. The Bertz CT molecular complexity index is 726. The fraction of sp³-hybridized carbons (Fsp3) is 0.176. The van der Waals surface area contributed by atoms with Gasteiger partial charge in [-0.15, -0.1) is 0 Å². The zero-order chi connectivity index (χ0) is 16.3. The highest BCUT2D eigenvalue weighted by atomic mass is 35.5. The van der Waals surface area contributed by atoms with Crippen LogP contribution >= 0.6 is 11.6 Å². The smallest absolute Gasteiger partial charge is 0.252 e. The van der Waals surface area contributed by atoms with Crippen LogP contribution in [0.1, 0.15) is 34.6 Å². The average Bonchev–Trinajstić information content (AvgIpc) is 2.46. The second kappa shape index (κ2) is 6.62. The van der Waals surface area contributed by atoms with Gasteiger partial charge in [-0.3, -0.25) is 9.59 Å². The number of rotatable bonds is 4. The molecule has 0 bridgehead atoms. The quantitative estimate of drug-likeness (QED) is 0.908. The van der Waals surface area contributed by atoms with Crippen molar-refractivity contribution in [3.05, 3.63) is 58.6 Å². The zero-order valence-electron chi connectivity index (χ0n) is 12.4. The fourth-order valence-corrected chi connectivity index (χ4v) is 2.43. The molecular weight excluding hydrogens is 300 g/mol. The van der Waals surface area contributed by atoms with Crippen molar-refractivity contribution in [2.45, 2.75) is 19.9 Å². The minimum Gasteiger partial charge on any atom is -0.366 e. The molecule has 2 amide bonds. The van der Waals surface area contributed by atoms with Gasteiger partial charge < -0.3 is 11.1 Å². The molecule has 114 valence electrons. The van der Waals surface area contributed by atoms with Crippen LogP contribution in [-0.2, 0) is 0 Å². The first kappa shape index (κ1) is 16.0. The molecule has 22 heavy (non-hydrogen) atoms. The molecule has 0 atom stereocenters. The van der Waals surface area contributed by atoms with Crippen LogP contribution in [0.25, 0.3) is 11.1 Å². The van der Waals surface area contributed by atoms with E-state index in [1.54, 1.807) is 30.3 Å². The van der Waals surface area contributed by atoms with Crippen LogP contribution in [0.5, 0.6) is 0 Å². The first-order valence-corrected chi connectivity index (χ1v) is 7.27. The van der Waals surface area contributed by atoms with E-state index in [9.17, 15) is 9.59 Å². The SMILES string of the molecule is CC(C)NC(=O)c1ccccc1-c1ccc(C(N)=O)c(Cl)c1. The summed E-state index contributed by atoms with van der Waals surface area (Å²) in [5.41, 5.74) is 7.57. The molecule has 2 aromatic carbocycles. The maximum Gasteiger partial charge on any atom is 0.252 e. The molecule has 0 fully saturated rings. The Morgan fingerprint density at radius 2 is 1.77 bits per heavy atom. The summed E-state index contributed by atoms with van der Waals surface area (Å²) in [6.45, 7) is 3.80. The lowest BCUT2D eigenvalue weighted by atomic mass is 9.98. The Morgan fingerprint density at radius 1 is 1.09 bits per heavy atom. The number of nitrogens with one attached hydrogen (secondary N) is 1. The van der Waals surface area contributed by atoms with E-state index in [1.165, 1.54) is 0 Å². The molecule has 0 aromatic heterocycles. The monoisotopic (exact) mass is 316 g/mol. The summed E-state index contributed by atoms with van der Waals surface area (Å²) in [6, 6.07) is 12.2. The van der Waals surface area contributed by atoms with Crippen molar-refractivity contribution in [2.24, 2.45) is 5.73 Å². The van der Waals surface area contributed by atoms with Gasteiger partial charge in [0.05, 0.1) is 10.6 Å². The van der Waals surface area contributed by atoms with E-state index in [1.807, 2.05) is 26.0 Å². The van der Waals surface area contributed by atoms with Crippen LogP contribution in [0.4, 0.5) is 0 Å². The number of benzene rings is 2. The summed E-state index contributed by atoms with van der Waals surface area (Å²) in [5, 5.41) is 3.14. The Balaban J connectivity index is 2.47. The van der Waals surface area contributed by atoms with E-state index in [4.69, 9.17) is 17.3 Å². The molecule has 2 rings (SSSR count). The Labute approximate surface area is 134 Å². The third kappa shape index (κ3) is 3.46. The van der Waals surface area contributed by atoms with Crippen molar-refractivity contribution in [2.75, 3.05) is 0 Å². The minimum atomic E-state index is -0.581. The molecule has 0 aliphatic heterocycles. The Hall–Kier alpha value is -2.33. The number of carbonyl (C=O) groups is 2. The standard InChI is InChI=1S/C17H17ClN2O2/c1-10(2)20-17(22)13-6-4-3-5-12(13)11-7-8-14(16(19)21)15(18)9-11/h3-10H,1-2H3,(H2,19,21)(H,20,22). The number of carbonyl (C=O) groups excluding carboxylic acids is 2. The van der Waals surface area contributed by atoms with Gasteiger partial charge in [-0.1, -0.05) is 35.9 Å². The van der Waals surface area contributed by atoms with Crippen molar-refractivity contribution in [1.82, 2.24) is 5.32 Å². The first-order chi connectivity index (χ1) is 10.4. The van der Waals surface area contributed by atoms with Crippen LogP contribution in [0.3, 0.4) is 0 Å². The van der Waals surface area contributed by atoms with Crippen molar-refractivity contribution in [3.8, 4) is 11.1 Å². The lowest BCUT2D eigenvalue weighted by Crippen LogP contribution is -2.30.